The molecule has 1 aliphatic heterocycles. The van der Waals surface area contributed by atoms with Gasteiger partial charge in [0.25, 0.3) is 0 Å². The molecule has 1 aliphatic rings. The summed E-state index contributed by atoms with van der Waals surface area (Å²) in [6.07, 6.45) is 14.7. The van der Waals surface area contributed by atoms with Gasteiger partial charge in [-0.25, -0.2) is 4.79 Å². The van der Waals surface area contributed by atoms with Crippen molar-refractivity contribution in [1.82, 2.24) is 4.90 Å². The molecule has 0 saturated carbocycles. The van der Waals surface area contributed by atoms with Gasteiger partial charge < -0.3 is 29.3 Å². The molecule has 2 N–H and O–H groups in total. The lowest BCUT2D eigenvalue weighted by Crippen LogP contribution is -2.41. The highest BCUT2D eigenvalue weighted by Crippen LogP contribution is 2.20. The molecule has 43 heavy (non-hydrogen) atoms. The van der Waals surface area contributed by atoms with Crippen LogP contribution in [-0.4, -0.2) is 77.1 Å². The predicted octanol–water partition coefficient (Wildman–Crippen LogP) is 7.04. The SMILES string of the molecule is CC(C)(C)OC(=O)N1CCC[C@H]1CO.CCCCCCCCOC(=O)CC(COC(=O)CCCCCCCC)CC(=O)O. The number of rotatable bonds is 21. The summed E-state index contributed by atoms with van der Waals surface area (Å²) in [5.41, 5.74) is -0.459. The summed E-state index contributed by atoms with van der Waals surface area (Å²) in [4.78, 5) is 48.1. The second-order valence-corrected chi connectivity index (χ2v) is 12.5. The van der Waals surface area contributed by atoms with E-state index >= 15 is 0 Å². The van der Waals surface area contributed by atoms with Crippen LogP contribution in [0.2, 0.25) is 0 Å². The van der Waals surface area contributed by atoms with Crippen molar-refractivity contribution < 1.29 is 43.6 Å². The molecule has 10 nitrogen and oxygen atoms in total. The zero-order chi connectivity index (χ0) is 32.5. The average Bonchev–Trinajstić information content (AvgIpc) is 3.42. The van der Waals surface area contributed by atoms with Crippen molar-refractivity contribution in [2.75, 3.05) is 26.4 Å². The largest absolute Gasteiger partial charge is 0.481 e. The first-order chi connectivity index (χ1) is 20.4. The average molecular weight is 616 g/mol. The number of carbonyl (C=O) groups is 4. The first-order valence-corrected chi connectivity index (χ1v) is 16.6. The molecule has 1 amide bonds. The molecule has 0 aromatic rings. The molecular weight excluding hydrogens is 554 g/mol. The first kappa shape index (κ1) is 40.6. The number of aliphatic hydroxyl groups is 1. The summed E-state index contributed by atoms with van der Waals surface area (Å²) < 4.78 is 15.6. The van der Waals surface area contributed by atoms with E-state index in [-0.39, 0.29) is 44.2 Å². The molecule has 0 aromatic heterocycles. The Bertz CT molecular complexity index is 766. The summed E-state index contributed by atoms with van der Waals surface area (Å²) >= 11 is 0. The molecular formula is C33H61NO9. The van der Waals surface area contributed by atoms with Gasteiger partial charge >= 0.3 is 24.0 Å². The number of nitrogens with zero attached hydrogens (tertiary/aromatic N) is 1. The number of unbranched alkanes of at least 4 members (excludes halogenated alkanes) is 10. The van der Waals surface area contributed by atoms with Crippen LogP contribution in [0.15, 0.2) is 0 Å². The van der Waals surface area contributed by atoms with Crippen LogP contribution in [0.5, 0.6) is 0 Å². The number of hydrogen-bond acceptors (Lipinski definition) is 8. The Hall–Kier alpha value is -2.36. The normalized spacial score (nSPS) is 15.3. The number of carbonyl (C=O) groups excluding carboxylic acids is 3. The van der Waals surface area contributed by atoms with Crippen LogP contribution in [0.4, 0.5) is 4.79 Å². The van der Waals surface area contributed by atoms with E-state index < -0.39 is 23.5 Å². The van der Waals surface area contributed by atoms with Crippen molar-refractivity contribution in [3.8, 4) is 0 Å². The maximum atomic E-state index is 12.0. The summed E-state index contributed by atoms with van der Waals surface area (Å²) in [5, 5.41) is 18.1. The van der Waals surface area contributed by atoms with Crippen molar-refractivity contribution in [1.29, 1.82) is 0 Å². The number of carboxylic acid groups (broad SMARTS) is 1. The molecule has 0 aliphatic carbocycles. The van der Waals surface area contributed by atoms with Crippen molar-refractivity contribution in [2.45, 2.75) is 155 Å². The Morgan fingerprint density at radius 1 is 0.814 bits per heavy atom. The van der Waals surface area contributed by atoms with Crippen LogP contribution in [0.1, 0.15) is 144 Å². The molecule has 0 aromatic carbocycles. The molecule has 10 heteroatoms. The van der Waals surface area contributed by atoms with E-state index in [2.05, 4.69) is 13.8 Å². The van der Waals surface area contributed by atoms with Gasteiger partial charge in [0.2, 0.25) is 0 Å². The molecule has 2 atom stereocenters. The fraction of sp³-hybridized carbons (Fsp3) is 0.879. The zero-order valence-corrected chi connectivity index (χ0v) is 27.7. The lowest BCUT2D eigenvalue weighted by molar-refractivity contribution is -0.152. The fourth-order valence-electron chi connectivity index (χ4n) is 4.72. The van der Waals surface area contributed by atoms with Crippen molar-refractivity contribution >= 4 is 24.0 Å². The quantitative estimate of drug-likeness (QED) is 0.0790. The van der Waals surface area contributed by atoms with E-state index in [1.807, 2.05) is 20.8 Å². The lowest BCUT2D eigenvalue weighted by atomic mass is 10.0. The standard InChI is InChI=1S/C23H42O6.C10H19NO3/c1-3-5-7-9-11-13-15-22(26)29-19-20(17-21(24)25)18-23(27)28-16-14-12-10-8-6-4-2;1-10(2,3)14-9(13)11-6-4-5-8(11)7-12/h20H,3-19H2,1-2H3,(H,24,25);8,12H,4-7H2,1-3H3/t;8-/m.0/s1. The third-order valence-corrected chi connectivity index (χ3v) is 7.11. The second kappa shape index (κ2) is 25.0. The molecule has 1 unspecified atom stereocenters. The minimum absolute atomic E-state index is 0.0270. The summed E-state index contributed by atoms with van der Waals surface area (Å²) in [6, 6.07) is -0.0511. The number of hydrogen-bond donors (Lipinski definition) is 2. The second-order valence-electron chi connectivity index (χ2n) is 12.5. The highest BCUT2D eigenvalue weighted by atomic mass is 16.6. The Morgan fingerprint density at radius 2 is 1.40 bits per heavy atom. The topological polar surface area (TPSA) is 140 Å². The van der Waals surface area contributed by atoms with Gasteiger partial charge in [-0.1, -0.05) is 78.1 Å². The molecule has 0 radical (unpaired) electrons. The summed E-state index contributed by atoms with van der Waals surface area (Å²) in [7, 11) is 0. The molecule has 0 bridgehead atoms. The molecule has 0 spiro atoms. The highest BCUT2D eigenvalue weighted by Gasteiger charge is 2.31. The number of carboxylic acids is 1. The van der Waals surface area contributed by atoms with Crippen LogP contribution in [0.3, 0.4) is 0 Å². The van der Waals surface area contributed by atoms with Gasteiger partial charge in [0, 0.05) is 18.9 Å². The number of esters is 2. The van der Waals surface area contributed by atoms with Crippen molar-refractivity contribution in [3.63, 3.8) is 0 Å². The molecule has 1 saturated heterocycles. The third kappa shape index (κ3) is 23.7. The maximum Gasteiger partial charge on any atom is 0.410 e. The van der Waals surface area contributed by atoms with E-state index in [4.69, 9.17) is 24.4 Å². The smallest absolute Gasteiger partial charge is 0.410 e. The first-order valence-electron chi connectivity index (χ1n) is 16.6. The molecule has 252 valence electrons. The number of aliphatic carboxylic acids is 1. The molecule has 1 fully saturated rings. The maximum absolute atomic E-state index is 12.0. The summed E-state index contributed by atoms with van der Waals surface area (Å²) in [5.74, 6) is -2.29. The summed E-state index contributed by atoms with van der Waals surface area (Å²) in [6.45, 7) is 10.9. The fourth-order valence-corrected chi connectivity index (χ4v) is 4.72. The minimum Gasteiger partial charge on any atom is -0.481 e. The van der Waals surface area contributed by atoms with Crippen molar-refractivity contribution in [2.24, 2.45) is 5.92 Å². The van der Waals surface area contributed by atoms with Crippen LogP contribution >= 0.6 is 0 Å². The van der Waals surface area contributed by atoms with Crippen LogP contribution in [0.25, 0.3) is 0 Å². The van der Waals surface area contributed by atoms with Crippen LogP contribution in [0, 0.1) is 5.92 Å². The Balaban J connectivity index is 0.00000104. The number of likely N-dealkylation sites (tertiary alicyclic amines) is 1. The monoisotopic (exact) mass is 615 g/mol. The van der Waals surface area contributed by atoms with E-state index in [1.54, 1.807) is 4.90 Å². The van der Waals surface area contributed by atoms with E-state index in [0.717, 1.165) is 51.4 Å². The molecule has 1 rings (SSSR count). The van der Waals surface area contributed by atoms with Gasteiger partial charge in [0.15, 0.2) is 0 Å². The minimum atomic E-state index is -1.01. The predicted molar refractivity (Wildman–Crippen MR) is 167 cm³/mol. The van der Waals surface area contributed by atoms with E-state index in [1.165, 1.54) is 38.5 Å². The molecule has 1 heterocycles. The zero-order valence-electron chi connectivity index (χ0n) is 27.7. The van der Waals surface area contributed by atoms with Gasteiger partial charge in [-0.05, 0) is 46.5 Å². The van der Waals surface area contributed by atoms with Crippen LogP contribution < -0.4 is 0 Å². The number of ether oxygens (including phenoxy) is 3. The van der Waals surface area contributed by atoms with Gasteiger partial charge in [0.1, 0.15) is 5.60 Å². The Labute approximate surface area is 260 Å². The van der Waals surface area contributed by atoms with Gasteiger partial charge in [-0.3, -0.25) is 14.4 Å². The van der Waals surface area contributed by atoms with Gasteiger partial charge in [-0.15, -0.1) is 0 Å². The van der Waals surface area contributed by atoms with Crippen LogP contribution in [-0.2, 0) is 28.6 Å². The van der Waals surface area contributed by atoms with E-state index in [0.29, 0.717) is 19.6 Å². The third-order valence-electron chi connectivity index (χ3n) is 7.11. The number of aliphatic hydroxyl groups excluding tert-OH is 1. The number of amides is 1. The van der Waals surface area contributed by atoms with E-state index in [9.17, 15) is 19.2 Å². The lowest BCUT2D eigenvalue weighted by Gasteiger charge is -2.27. The Morgan fingerprint density at radius 3 is 1.95 bits per heavy atom. The van der Waals surface area contributed by atoms with Gasteiger partial charge in [0.05, 0.1) is 38.7 Å². The Kier molecular flexibility index (Phi) is 23.6. The highest BCUT2D eigenvalue weighted by molar-refractivity contribution is 5.73. The van der Waals surface area contributed by atoms with Gasteiger partial charge in [-0.2, -0.15) is 0 Å². The van der Waals surface area contributed by atoms with Crippen molar-refractivity contribution in [3.05, 3.63) is 0 Å².